The number of rotatable bonds is 5. The van der Waals surface area contributed by atoms with Gasteiger partial charge in [-0.3, -0.25) is 0 Å². The van der Waals surface area contributed by atoms with Crippen molar-refractivity contribution in [2.75, 3.05) is 6.54 Å². The maximum absolute atomic E-state index is 13.4. The lowest BCUT2D eigenvalue weighted by Gasteiger charge is -2.18. The number of aliphatic imine (C=N–C) groups is 1. The molecule has 2 rings (SSSR count). The van der Waals surface area contributed by atoms with E-state index in [9.17, 15) is 8.78 Å². The third kappa shape index (κ3) is 4.74. The third-order valence-electron chi connectivity index (χ3n) is 3.52. The van der Waals surface area contributed by atoms with Gasteiger partial charge < -0.3 is 10.6 Å². The minimum absolute atomic E-state index is 0.206. The summed E-state index contributed by atoms with van der Waals surface area (Å²) in [6, 6.07) is 3.70. The Morgan fingerprint density at radius 3 is 2.62 bits per heavy atom. The van der Waals surface area contributed by atoms with E-state index in [0.717, 1.165) is 21.6 Å². The van der Waals surface area contributed by atoms with Gasteiger partial charge in [0.05, 0.1) is 23.3 Å². The molecule has 0 fully saturated rings. The van der Waals surface area contributed by atoms with E-state index >= 15 is 0 Å². The molecule has 24 heavy (non-hydrogen) atoms. The highest BCUT2D eigenvalue weighted by atomic mass is 32.1. The number of aryl methyl sites for hydroxylation is 2. The number of nitrogens with zero attached hydrogens (tertiary/aromatic N) is 2. The molecule has 2 N–H and O–H groups in total. The highest BCUT2D eigenvalue weighted by molar-refractivity contribution is 7.11. The summed E-state index contributed by atoms with van der Waals surface area (Å²) in [5, 5.41) is 7.39. The fourth-order valence-electron chi connectivity index (χ4n) is 2.26. The second-order valence-electron chi connectivity index (χ2n) is 5.48. The number of nitrogens with one attached hydrogen (secondary N) is 2. The predicted molar refractivity (Wildman–Crippen MR) is 94.3 cm³/mol. The average molecular weight is 352 g/mol. The lowest BCUT2D eigenvalue weighted by atomic mass is 10.1. The van der Waals surface area contributed by atoms with Crippen LogP contribution in [0.2, 0.25) is 0 Å². The highest BCUT2D eigenvalue weighted by Gasteiger charge is 2.11. The Balaban J connectivity index is 2.10. The lowest BCUT2D eigenvalue weighted by Crippen LogP contribution is -2.38. The predicted octanol–water partition coefficient (Wildman–Crippen LogP) is 3.85. The van der Waals surface area contributed by atoms with E-state index in [1.807, 2.05) is 27.7 Å². The molecule has 1 unspecified atom stereocenters. The number of halogens is 2. The SMILES string of the molecule is CCNC(=NCc1sc(C)nc1C)NC(C)c1ccc(F)c(F)c1. The van der Waals surface area contributed by atoms with E-state index in [4.69, 9.17) is 0 Å². The molecule has 4 nitrogen and oxygen atoms in total. The Hall–Kier alpha value is -2.02. The summed E-state index contributed by atoms with van der Waals surface area (Å²) >= 11 is 1.63. The zero-order chi connectivity index (χ0) is 17.7. The molecule has 7 heteroatoms. The second kappa shape index (κ2) is 8.19. The molecule has 130 valence electrons. The molecule has 1 heterocycles. The normalized spacial score (nSPS) is 13.0. The van der Waals surface area contributed by atoms with Crippen molar-refractivity contribution < 1.29 is 8.78 Å². The van der Waals surface area contributed by atoms with Crippen molar-refractivity contribution in [3.63, 3.8) is 0 Å². The van der Waals surface area contributed by atoms with E-state index in [1.54, 1.807) is 17.4 Å². The summed E-state index contributed by atoms with van der Waals surface area (Å²) in [6.45, 7) is 9.02. The molecule has 0 radical (unpaired) electrons. The molecule has 0 spiro atoms. The first-order chi connectivity index (χ1) is 11.4. The zero-order valence-electron chi connectivity index (χ0n) is 14.3. The van der Waals surface area contributed by atoms with Gasteiger partial charge in [-0.05, 0) is 45.4 Å². The van der Waals surface area contributed by atoms with E-state index in [0.29, 0.717) is 24.6 Å². The van der Waals surface area contributed by atoms with Crippen molar-refractivity contribution >= 4 is 17.3 Å². The molecular formula is C17H22F2N4S. The Morgan fingerprint density at radius 2 is 2.04 bits per heavy atom. The Bertz CT molecular complexity index is 727. The number of guanidine groups is 1. The zero-order valence-corrected chi connectivity index (χ0v) is 15.1. The van der Waals surface area contributed by atoms with Gasteiger partial charge in [0.1, 0.15) is 0 Å². The van der Waals surface area contributed by atoms with Gasteiger partial charge in [0.2, 0.25) is 0 Å². The number of benzene rings is 1. The molecule has 0 amide bonds. The van der Waals surface area contributed by atoms with Crippen LogP contribution in [0.15, 0.2) is 23.2 Å². The van der Waals surface area contributed by atoms with Gasteiger partial charge >= 0.3 is 0 Å². The number of hydrogen-bond donors (Lipinski definition) is 2. The Labute approximate surface area is 145 Å². The smallest absolute Gasteiger partial charge is 0.192 e. The van der Waals surface area contributed by atoms with Crippen molar-refractivity contribution in [1.82, 2.24) is 15.6 Å². The van der Waals surface area contributed by atoms with Gasteiger partial charge in [0.25, 0.3) is 0 Å². The van der Waals surface area contributed by atoms with Crippen LogP contribution in [0.5, 0.6) is 0 Å². The standard InChI is InChI=1S/C17H22F2N4S/c1-5-20-17(21-9-16-11(3)22-12(4)24-16)23-10(2)13-6-7-14(18)15(19)8-13/h6-8,10H,5,9H2,1-4H3,(H2,20,21,23). The van der Waals surface area contributed by atoms with Crippen LogP contribution < -0.4 is 10.6 Å². The monoisotopic (exact) mass is 352 g/mol. The van der Waals surface area contributed by atoms with Crippen LogP contribution in [0.1, 0.15) is 41.0 Å². The van der Waals surface area contributed by atoms with Crippen LogP contribution in [0.4, 0.5) is 8.78 Å². The first-order valence-corrected chi connectivity index (χ1v) is 8.65. The number of hydrogen-bond acceptors (Lipinski definition) is 3. The minimum atomic E-state index is -0.848. The maximum atomic E-state index is 13.4. The first-order valence-electron chi connectivity index (χ1n) is 7.83. The summed E-state index contributed by atoms with van der Waals surface area (Å²) in [4.78, 5) is 10.1. The fourth-order valence-corrected chi connectivity index (χ4v) is 3.12. The molecule has 1 aromatic heterocycles. The van der Waals surface area contributed by atoms with Gasteiger partial charge in [-0.15, -0.1) is 11.3 Å². The van der Waals surface area contributed by atoms with Crippen LogP contribution in [0.25, 0.3) is 0 Å². The van der Waals surface area contributed by atoms with Crippen molar-refractivity contribution in [3.05, 3.63) is 51.0 Å². The second-order valence-corrected chi connectivity index (χ2v) is 6.76. The molecule has 1 atom stereocenters. The molecule has 0 saturated carbocycles. The average Bonchev–Trinajstić information content (AvgIpc) is 2.85. The molecule has 2 aromatic rings. The van der Waals surface area contributed by atoms with Crippen LogP contribution in [0.3, 0.4) is 0 Å². The van der Waals surface area contributed by atoms with Crippen molar-refractivity contribution in [2.45, 2.75) is 40.3 Å². The van der Waals surface area contributed by atoms with Gasteiger partial charge in [0.15, 0.2) is 17.6 Å². The molecule has 0 aliphatic heterocycles. The fraction of sp³-hybridized carbons (Fsp3) is 0.412. The van der Waals surface area contributed by atoms with Gasteiger partial charge in [-0.25, -0.2) is 18.8 Å². The molecule has 0 saturated heterocycles. The quantitative estimate of drug-likeness (QED) is 0.635. The summed E-state index contributed by atoms with van der Waals surface area (Å²) in [5.41, 5.74) is 1.65. The van der Waals surface area contributed by atoms with Crippen molar-refractivity contribution in [2.24, 2.45) is 4.99 Å². The summed E-state index contributed by atoms with van der Waals surface area (Å²) in [5.74, 6) is -1.07. The van der Waals surface area contributed by atoms with Gasteiger partial charge in [0, 0.05) is 11.4 Å². The van der Waals surface area contributed by atoms with Gasteiger partial charge in [-0.2, -0.15) is 0 Å². The summed E-state index contributed by atoms with van der Waals surface area (Å²) in [6.07, 6.45) is 0. The number of thiazole rings is 1. The minimum Gasteiger partial charge on any atom is -0.357 e. The molecule has 1 aromatic carbocycles. The van der Waals surface area contributed by atoms with Crippen LogP contribution >= 0.6 is 11.3 Å². The highest BCUT2D eigenvalue weighted by Crippen LogP contribution is 2.18. The maximum Gasteiger partial charge on any atom is 0.192 e. The largest absolute Gasteiger partial charge is 0.357 e. The Kier molecular flexibility index (Phi) is 6.25. The van der Waals surface area contributed by atoms with Crippen molar-refractivity contribution in [3.8, 4) is 0 Å². The number of aromatic nitrogens is 1. The summed E-state index contributed by atoms with van der Waals surface area (Å²) in [7, 11) is 0. The van der Waals surface area contributed by atoms with E-state index in [-0.39, 0.29) is 6.04 Å². The summed E-state index contributed by atoms with van der Waals surface area (Å²) < 4.78 is 26.4. The van der Waals surface area contributed by atoms with E-state index in [2.05, 4.69) is 20.6 Å². The first kappa shape index (κ1) is 18.3. The molecular weight excluding hydrogens is 330 g/mol. The third-order valence-corrected chi connectivity index (χ3v) is 4.58. The lowest BCUT2D eigenvalue weighted by molar-refractivity contribution is 0.504. The Morgan fingerprint density at radius 1 is 1.29 bits per heavy atom. The topological polar surface area (TPSA) is 49.3 Å². The van der Waals surface area contributed by atoms with E-state index < -0.39 is 11.6 Å². The molecule has 0 aliphatic carbocycles. The van der Waals surface area contributed by atoms with Crippen LogP contribution in [-0.4, -0.2) is 17.5 Å². The molecule has 0 aliphatic rings. The van der Waals surface area contributed by atoms with Crippen LogP contribution in [-0.2, 0) is 6.54 Å². The van der Waals surface area contributed by atoms with E-state index in [1.165, 1.54) is 6.07 Å². The van der Waals surface area contributed by atoms with Crippen molar-refractivity contribution in [1.29, 1.82) is 0 Å². The van der Waals surface area contributed by atoms with Crippen LogP contribution in [0, 0.1) is 25.5 Å². The van der Waals surface area contributed by atoms with Gasteiger partial charge in [-0.1, -0.05) is 6.07 Å². The molecule has 0 bridgehead atoms.